The third-order valence-corrected chi connectivity index (χ3v) is 5.30. The maximum absolute atomic E-state index is 11.1. The van der Waals surface area contributed by atoms with Gasteiger partial charge in [-0.15, -0.1) is 11.3 Å². The van der Waals surface area contributed by atoms with Gasteiger partial charge in [0.1, 0.15) is 0 Å². The van der Waals surface area contributed by atoms with Crippen LogP contribution in [0, 0.1) is 19.8 Å². The Balaban J connectivity index is 1.97. The molecule has 27 heavy (non-hydrogen) atoms. The average molecular weight is 382 g/mol. The second kappa shape index (κ2) is 7.88. The summed E-state index contributed by atoms with van der Waals surface area (Å²) in [6.45, 7) is 8.59. The van der Waals surface area contributed by atoms with E-state index in [1.165, 1.54) is 22.2 Å². The fourth-order valence-corrected chi connectivity index (χ4v) is 3.99. The number of carboxylic acid groups (broad SMARTS) is 1. The van der Waals surface area contributed by atoms with Gasteiger partial charge in [-0.2, -0.15) is 0 Å². The Labute approximate surface area is 163 Å². The van der Waals surface area contributed by atoms with Crippen LogP contribution in [-0.4, -0.2) is 21.0 Å². The number of benzene rings is 1. The number of aromatic carboxylic acids is 1. The Morgan fingerprint density at radius 3 is 2.63 bits per heavy atom. The van der Waals surface area contributed by atoms with Crippen molar-refractivity contribution >= 4 is 28.1 Å². The lowest BCUT2D eigenvalue weighted by Crippen LogP contribution is -1.99. The van der Waals surface area contributed by atoms with E-state index in [1.54, 1.807) is 23.6 Å². The lowest BCUT2D eigenvalue weighted by Gasteiger charge is -2.07. The summed E-state index contributed by atoms with van der Waals surface area (Å²) in [7, 11) is 0. The highest BCUT2D eigenvalue weighted by atomic mass is 32.1. The molecule has 0 fully saturated rings. The lowest BCUT2D eigenvalue weighted by atomic mass is 10.0. The molecule has 0 amide bonds. The monoisotopic (exact) mass is 381 g/mol. The summed E-state index contributed by atoms with van der Waals surface area (Å²) in [6, 6.07) is 7.97. The number of aryl methyl sites for hydroxylation is 2. The third kappa shape index (κ3) is 4.52. The largest absolute Gasteiger partial charge is 0.478 e. The second-order valence-electron chi connectivity index (χ2n) is 7.08. The van der Waals surface area contributed by atoms with Crippen LogP contribution in [0.4, 0.5) is 10.8 Å². The first-order valence-electron chi connectivity index (χ1n) is 8.86. The minimum atomic E-state index is -0.999. The Kier molecular flexibility index (Phi) is 5.56. The molecule has 5 nitrogen and oxygen atoms in total. The number of pyridine rings is 1. The smallest absolute Gasteiger partial charge is 0.337 e. The molecular formula is C21H23N3O2S. The molecule has 140 valence electrons. The molecule has 2 heterocycles. The molecule has 2 N–H and O–H groups in total. The Bertz CT molecular complexity index is 979. The molecule has 0 saturated carbocycles. The van der Waals surface area contributed by atoms with E-state index in [4.69, 9.17) is 10.1 Å². The van der Waals surface area contributed by atoms with Gasteiger partial charge in [0.25, 0.3) is 0 Å². The van der Waals surface area contributed by atoms with E-state index in [2.05, 4.69) is 56.2 Å². The third-order valence-electron chi connectivity index (χ3n) is 4.31. The number of hydrogen-bond acceptors (Lipinski definition) is 5. The van der Waals surface area contributed by atoms with Gasteiger partial charge in [-0.05, 0) is 49.4 Å². The van der Waals surface area contributed by atoms with E-state index in [0.29, 0.717) is 11.6 Å². The van der Waals surface area contributed by atoms with Gasteiger partial charge in [0.05, 0.1) is 23.1 Å². The summed E-state index contributed by atoms with van der Waals surface area (Å²) in [6.07, 6.45) is 3.88. The summed E-state index contributed by atoms with van der Waals surface area (Å²) in [5.41, 5.74) is 5.36. The molecule has 0 atom stereocenters. The van der Waals surface area contributed by atoms with Crippen molar-refractivity contribution in [1.29, 1.82) is 0 Å². The Hall–Kier alpha value is -2.73. The normalized spacial score (nSPS) is 11.0. The molecule has 2 aromatic heterocycles. The van der Waals surface area contributed by atoms with Crippen molar-refractivity contribution < 1.29 is 9.90 Å². The van der Waals surface area contributed by atoms with Gasteiger partial charge in [0, 0.05) is 16.6 Å². The summed E-state index contributed by atoms with van der Waals surface area (Å²) in [5, 5.41) is 13.1. The molecule has 3 rings (SSSR count). The van der Waals surface area contributed by atoms with E-state index in [0.717, 1.165) is 22.8 Å². The number of thiazole rings is 1. The van der Waals surface area contributed by atoms with Gasteiger partial charge in [-0.1, -0.05) is 26.0 Å². The molecule has 0 unspecified atom stereocenters. The van der Waals surface area contributed by atoms with Gasteiger partial charge in [0.2, 0.25) is 0 Å². The zero-order valence-corrected chi connectivity index (χ0v) is 16.7. The highest BCUT2D eigenvalue weighted by Crippen LogP contribution is 2.35. The van der Waals surface area contributed by atoms with E-state index in [9.17, 15) is 4.79 Å². The van der Waals surface area contributed by atoms with Crippen molar-refractivity contribution in [3.8, 4) is 11.3 Å². The van der Waals surface area contributed by atoms with Crippen LogP contribution in [0.25, 0.3) is 11.3 Å². The van der Waals surface area contributed by atoms with Gasteiger partial charge in [0.15, 0.2) is 5.13 Å². The van der Waals surface area contributed by atoms with Crippen molar-refractivity contribution in [2.45, 2.75) is 34.1 Å². The number of rotatable bonds is 6. The van der Waals surface area contributed by atoms with Crippen molar-refractivity contribution in [3.63, 3.8) is 0 Å². The highest BCUT2D eigenvalue weighted by Gasteiger charge is 2.16. The van der Waals surface area contributed by atoms with E-state index in [-0.39, 0.29) is 5.56 Å². The predicted molar refractivity (Wildman–Crippen MR) is 110 cm³/mol. The first-order valence-corrected chi connectivity index (χ1v) is 9.68. The van der Waals surface area contributed by atoms with Crippen LogP contribution in [0.15, 0.2) is 36.7 Å². The fourth-order valence-electron chi connectivity index (χ4n) is 2.78. The molecule has 1 aromatic carbocycles. The maximum atomic E-state index is 11.1. The van der Waals surface area contributed by atoms with Crippen molar-refractivity contribution in [2.24, 2.45) is 5.92 Å². The van der Waals surface area contributed by atoms with Crippen LogP contribution in [-0.2, 0) is 6.42 Å². The maximum Gasteiger partial charge on any atom is 0.337 e. The first kappa shape index (κ1) is 19.0. The lowest BCUT2D eigenvalue weighted by molar-refractivity contribution is 0.0696. The molecule has 0 radical (unpaired) electrons. The molecule has 0 saturated heterocycles. The number of anilines is 2. The van der Waals surface area contributed by atoms with Crippen LogP contribution >= 0.6 is 11.3 Å². The SMILES string of the molecule is Cc1ccc(-c2nc(Nc3cncc(C(=O)O)c3)sc2CC(C)C)cc1C. The summed E-state index contributed by atoms with van der Waals surface area (Å²) in [5.74, 6) is -0.484. The minimum Gasteiger partial charge on any atom is -0.478 e. The zero-order chi connectivity index (χ0) is 19.6. The van der Waals surface area contributed by atoms with Gasteiger partial charge in [-0.25, -0.2) is 9.78 Å². The van der Waals surface area contributed by atoms with E-state index in [1.807, 2.05) is 0 Å². The summed E-state index contributed by atoms with van der Waals surface area (Å²) in [4.78, 5) is 21.2. The number of carboxylic acids is 1. The fraction of sp³-hybridized carbons (Fsp3) is 0.286. The summed E-state index contributed by atoms with van der Waals surface area (Å²) >= 11 is 1.60. The average Bonchev–Trinajstić information content (AvgIpc) is 2.99. The number of nitrogens with zero attached hydrogens (tertiary/aromatic N) is 2. The van der Waals surface area contributed by atoms with Crippen molar-refractivity contribution in [1.82, 2.24) is 9.97 Å². The van der Waals surface area contributed by atoms with Gasteiger partial charge >= 0.3 is 5.97 Å². The summed E-state index contributed by atoms with van der Waals surface area (Å²) < 4.78 is 0. The van der Waals surface area contributed by atoms with E-state index < -0.39 is 5.97 Å². The topological polar surface area (TPSA) is 75.1 Å². The van der Waals surface area contributed by atoms with Gasteiger partial charge < -0.3 is 10.4 Å². The van der Waals surface area contributed by atoms with Crippen LogP contribution in [0.2, 0.25) is 0 Å². The molecule has 3 aromatic rings. The standard InChI is InChI=1S/C21H23N3O2S/c1-12(2)7-18-19(15-6-5-13(3)14(4)8-15)24-21(27-18)23-17-9-16(20(25)26)10-22-11-17/h5-6,8-12H,7H2,1-4H3,(H,23,24)(H,25,26). The van der Waals surface area contributed by atoms with Crippen LogP contribution in [0.5, 0.6) is 0 Å². The zero-order valence-electron chi connectivity index (χ0n) is 15.9. The Morgan fingerprint density at radius 1 is 1.19 bits per heavy atom. The molecule has 0 spiro atoms. The minimum absolute atomic E-state index is 0.147. The van der Waals surface area contributed by atoms with E-state index >= 15 is 0 Å². The quantitative estimate of drug-likeness (QED) is 0.593. The predicted octanol–water partition coefficient (Wildman–Crippen LogP) is 5.46. The molecule has 6 heteroatoms. The molecular weight excluding hydrogens is 358 g/mol. The van der Waals surface area contributed by atoms with Crippen molar-refractivity contribution in [2.75, 3.05) is 5.32 Å². The van der Waals surface area contributed by atoms with Crippen molar-refractivity contribution in [3.05, 3.63) is 58.2 Å². The number of carbonyl (C=O) groups is 1. The first-order chi connectivity index (χ1) is 12.8. The molecule has 0 bridgehead atoms. The van der Waals surface area contributed by atoms with Crippen LogP contribution < -0.4 is 5.32 Å². The van der Waals surface area contributed by atoms with Gasteiger partial charge in [-0.3, -0.25) is 4.98 Å². The number of aromatic nitrogens is 2. The van der Waals surface area contributed by atoms with Crippen LogP contribution in [0.3, 0.4) is 0 Å². The Morgan fingerprint density at radius 2 is 1.96 bits per heavy atom. The number of nitrogens with one attached hydrogen (secondary N) is 1. The highest BCUT2D eigenvalue weighted by molar-refractivity contribution is 7.16. The second-order valence-corrected chi connectivity index (χ2v) is 8.16. The molecule has 0 aliphatic carbocycles. The number of hydrogen-bond donors (Lipinski definition) is 2. The van der Waals surface area contributed by atoms with Crippen LogP contribution in [0.1, 0.15) is 40.2 Å². The molecule has 0 aliphatic heterocycles. The molecule has 0 aliphatic rings.